The van der Waals surface area contributed by atoms with E-state index < -0.39 is 10.0 Å². The Balaban J connectivity index is 1.91. The molecule has 0 fully saturated rings. The molecule has 1 aliphatic heterocycles. The summed E-state index contributed by atoms with van der Waals surface area (Å²) in [5, 5.41) is 7.64. The molecule has 2 aromatic rings. The molecular formula is C17H20ClN3O2S. The Labute approximate surface area is 147 Å². The van der Waals surface area contributed by atoms with Crippen LogP contribution in [-0.2, 0) is 10.0 Å². The molecule has 0 bridgehead atoms. The van der Waals surface area contributed by atoms with Gasteiger partial charge in [0, 0.05) is 28.1 Å². The summed E-state index contributed by atoms with van der Waals surface area (Å²) in [5.74, 6) is 0. The van der Waals surface area contributed by atoms with Gasteiger partial charge in [0.05, 0.1) is 12.3 Å². The van der Waals surface area contributed by atoms with Gasteiger partial charge in [-0.1, -0.05) is 11.6 Å². The normalized spacial score (nSPS) is 20.0. The van der Waals surface area contributed by atoms with Gasteiger partial charge >= 0.3 is 0 Å². The second-order valence-electron chi connectivity index (χ2n) is 6.16. The number of nitrogens with one attached hydrogen (secondary N) is 3. The molecule has 0 saturated heterocycles. The minimum Gasteiger partial charge on any atom is -0.382 e. The fraction of sp³-hybridized carbons (Fsp3) is 0.294. The Morgan fingerprint density at radius 1 is 1.12 bits per heavy atom. The van der Waals surface area contributed by atoms with E-state index in [0.717, 1.165) is 29.6 Å². The molecule has 1 heterocycles. The lowest BCUT2D eigenvalue weighted by Gasteiger charge is -2.33. The zero-order chi connectivity index (χ0) is 17.3. The summed E-state index contributed by atoms with van der Waals surface area (Å²) in [6, 6.07) is 13.5. The molecule has 0 aliphatic carbocycles. The highest BCUT2D eigenvalue weighted by atomic mass is 35.5. The minimum atomic E-state index is -3.30. The molecule has 0 radical (unpaired) electrons. The van der Waals surface area contributed by atoms with E-state index in [0.29, 0.717) is 16.8 Å². The first-order valence-electron chi connectivity index (χ1n) is 7.70. The SMILES string of the molecule is C[C@@H]1C[C@H](Nc2ccc(Cl)cc2)c2cc(NS(C)(=O)=O)ccc2N1. The first kappa shape index (κ1) is 16.9. The van der Waals surface area contributed by atoms with E-state index in [4.69, 9.17) is 11.6 Å². The van der Waals surface area contributed by atoms with E-state index in [1.165, 1.54) is 0 Å². The summed E-state index contributed by atoms with van der Waals surface area (Å²) in [6.45, 7) is 2.13. The third kappa shape index (κ3) is 4.13. The van der Waals surface area contributed by atoms with Gasteiger partial charge in [-0.2, -0.15) is 0 Å². The van der Waals surface area contributed by atoms with Crippen LogP contribution < -0.4 is 15.4 Å². The number of fused-ring (bicyclic) bond motifs is 1. The lowest BCUT2D eigenvalue weighted by atomic mass is 9.93. The lowest BCUT2D eigenvalue weighted by Crippen LogP contribution is -2.29. The molecule has 0 amide bonds. The predicted molar refractivity (Wildman–Crippen MR) is 100 cm³/mol. The number of sulfonamides is 1. The quantitative estimate of drug-likeness (QED) is 0.763. The average Bonchev–Trinajstić information content (AvgIpc) is 2.48. The van der Waals surface area contributed by atoms with E-state index in [-0.39, 0.29) is 6.04 Å². The van der Waals surface area contributed by atoms with Gasteiger partial charge in [0.15, 0.2) is 0 Å². The number of hydrogen-bond donors (Lipinski definition) is 3. The summed E-state index contributed by atoms with van der Waals surface area (Å²) in [4.78, 5) is 0. The molecule has 2 aromatic carbocycles. The van der Waals surface area contributed by atoms with Gasteiger partial charge in [0.2, 0.25) is 10.0 Å². The number of anilines is 3. The minimum absolute atomic E-state index is 0.0822. The molecule has 3 rings (SSSR count). The second kappa shape index (κ2) is 6.53. The summed E-state index contributed by atoms with van der Waals surface area (Å²) < 4.78 is 25.5. The predicted octanol–water partition coefficient (Wildman–Crippen LogP) is 4.07. The molecule has 1 aliphatic rings. The highest BCUT2D eigenvalue weighted by Crippen LogP contribution is 2.36. The maximum atomic E-state index is 11.5. The van der Waals surface area contributed by atoms with Crippen molar-refractivity contribution in [2.45, 2.75) is 25.4 Å². The van der Waals surface area contributed by atoms with Crippen LogP contribution in [0.15, 0.2) is 42.5 Å². The number of benzene rings is 2. The Kier molecular flexibility index (Phi) is 4.60. The molecule has 0 aromatic heterocycles. The van der Waals surface area contributed by atoms with Crippen molar-refractivity contribution in [3.05, 3.63) is 53.1 Å². The molecule has 2 atom stereocenters. The zero-order valence-electron chi connectivity index (χ0n) is 13.5. The van der Waals surface area contributed by atoms with Crippen molar-refractivity contribution in [1.82, 2.24) is 0 Å². The molecule has 3 N–H and O–H groups in total. The maximum absolute atomic E-state index is 11.5. The van der Waals surface area contributed by atoms with Crippen molar-refractivity contribution in [1.29, 1.82) is 0 Å². The molecule has 0 unspecified atom stereocenters. The summed E-state index contributed by atoms with van der Waals surface area (Å²) in [7, 11) is -3.30. The van der Waals surface area contributed by atoms with Gasteiger partial charge in [-0.05, 0) is 61.4 Å². The van der Waals surface area contributed by atoms with Crippen molar-refractivity contribution in [3.63, 3.8) is 0 Å². The molecule has 128 valence electrons. The highest BCUT2D eigenvalue weighted by Gasteiger charge is 2.24. The molecule has 0 saturated carbocycles. The number of halogens is 1. The smallest absolute Gasteiger partial charge is 0.229 e. The van der Waals surface area contributed by atoms with Crippen LogP contribution in [0.2, 0.25) is 5.02 Å². The monoisotopic (exact) mass is 365 g/mol. The zero-order valence-corrected chi connectivity index (χ0v) is 15.1. The average molecular weight is 366 g/mol. The van der Waals surface area contributed by atoms with E-state index in [2.05, 4.69) is 22.3 Å². The van der Waals surface area contributed by atoms with Crippen molar-refractivity contribution >= 4 is 38.7 Å². The summed E-state index contributed by atoms with van der Waals surface area (Å²) >= 11 is 5.94. The highest BCUT2D eigenvalue weighted by molar-refractivity contribution is 7.92. The van der Waals surface area contributed by atoms with Gasteiger partial charge in [-0.3, -0.25) is 4.72 Å². The maximum Gasteiger partial charge on any atom is 0.229 e. The van der Waals surface area contributed by atoms with Crippen LogP contribution in [0.1, 0.15) is 24.9 Å². The lowest BCUT2D eigenvalue weighted by molar-refractivity contribution is 0.599. The van der Waals surface area contributed by atoms with Crippen molar-refractivity contribution in [2.75, 3.05) is 21.6 Å². The van der Waals surface area contributed by atoms with Crippen molar-refractivity contribution < 1.29 is 8.42 Å². The Hall–Kier alpha value is -1.92. The number of hydrogen-bond acceptors (Lipinski definition) is 4. The number of rotatable bonds is 4. The van der Waals surface area contributed by atoms with E-state index in [9.17, 15) is 8.42 Å². The topological polar surface area (TPSA) is 70.2 Å². The molecule has 5 nitrogen and oxygen atoms in total. The van der Waals surface area contributed by atoms with Crippen LogP contribution in [0.4, 0.5) is 17.1 Å². The van der Waals surface area contributed by atoms with Gasteiger partial charge in [0.25, 0.3) is 0 Å². The van der Waals surface area contributed by atoms with Crippen LogP contribution in [0.25, 0.3) is 0 Å². The van der Waals surface area contributed by atoms with Crippen LogP contribution in [0.3, 0.4) is 0 Å². The third-order valence-electron chi connectivity index (χ3n) is 3.91. The molecule has 7 heteroatoms. The fourth-order valence-electron chi connectivity index (χ4n) is 2.95. The van der Waals surface area contributed by atoms with Gasteiger partial charge in [0.1, 0.15) is 0 Å². The molecular weight excluding hydrogens is 346 g/mol. The third-order valence-corrected chi connectivity index (χ3v) is 4.76. The van der Waals surface area contributed by atoms with Gasteiger partial charge in [-0.15, -0.1) is 0 Å². The fourth-order valence-corrected chi connectivity index (χ4v) is 3.63. The van der Waals surface area contributed by atoms with E-state index in [1.54, 1.807) is 6.07 Å². The largest absolute Gasteiger partial charge is 0.382 e. The van der Waals surface area contributed by atoms with Crippen LogP contribution in [-0.4, -0.2) is 20.7 Å². The Morgan fingerprint density at radius 3 is 2.46 bits per heavy atom. The van der Waals surface area contributed by atoms with E-state index in [1.807, 2.05) is 36.4 Å². The van der Waals surface area contributed by atoms with Crippen LogP contribution >= 0.6 is 11.6 Å². The first-order chi connectivity index (χ1) is 11.3. The summed E-state index contributed by atoms with van der Waals surface area (Å²) in [5.41, 5.74) is 3.59. The Morgan fingerprint density at radius 2 is 1.79 bits per heavy atom. The second-order valence-corrected chi connectivity index (χ2v) is 8.35. The van der Waals surface area contributed by atoms with E-state index >= 15 is 0 Å². The standard InChI is InChI=1S/C17H20ClN3O2S/c1-11-9-17(20-13-5-3-12(18)4-6-13)15-10-14(21-24(2,22)23)7-8-16(15)19-11/h3-8,10-11,17,19-21H,9H2,1-2H3/t11-,17+/m1/s1. The summed E-state index contributed by atoms with van der Waals surface area (Å²) in [6.07, 6.45) is 2.04. The Bertz CT molecular complexity index is 837. The van der Waals surface area contributed by atoms with Crippen LogP contribution in [0.5, 0.6) is 0 Å². The van der Waals surface area contributed by atoms with Crippen LogP contribution in [0, 0.1) is 0 Å². The first-order valence-corrected chi connectivity index (χ1v) is 9.97. The van der Waals surface area contributed by atoms with Crippen molar-refractivity contribution in [3.8, 4) is 0 Å². The van der Waals surface area contributed by atoms with Gasteiger partial charge < -0.3 is 10.6 Å². The van der Waals surface area contributed by atoms with Crippen molar-refractivity contribution in [2.24, 2.45) is 0 Å². The molecule has 0 spiro atoms. The molecule has 24 heavy (non-hydrogen) atoms. The van der Waals surface area contributed by atoms with Gasteiger partial charge in [-0.25, -0.2) is 8.42 Å².